The average Bonchev–Trinajstić information content (AvgIpc) is 2.78. The van der Waals surface area contributed by atoms with Crippen LogP contribution in [0.25, 0.3) is 10.8 Å². The molecule has 0 radical (unpaired) electrons. The molecule has 0 aliphatic heterocycles. The van der Waals surface area contributed by atoms with Crippen molar-refractivity contribution in [2.75, 3.05) is 19.8 Å². The lowest BCUT2D eigenvalue weighted by molar-refractivity contribution is -0.757. The van der Waals surface area contributed by atoms with Gasteiger partial charge in [0, 0.05) is 0 Å². The molecule has 2 atom stereocenters. The van der Waals surface area contributed by atoms with Crippen LogP contribution in [0.1, 0.15) is 43.7 Å². The van der Waals surface area contributed by atoms with Crippen molar-refractivity contribution >= 4 is 28.7 Å². The maximum Gasteiger partial charge on any atom is 0.347 e. The number of rotatable bonds is 12. The van der Waals surface area contributed by atoms with E-state index in [1.165, 1.54) is 6.92 Å². The molecule has 2 aromatic carbocycles. The van der Waals surface area contributed by atoms with Gasteiger partial charge >= 0.3 is 17.9 Å². The Bertz CT molecular complexity index is 1000. The second-order valence-electron chi connectivity index (χ2n) is 7.50. The van der Waals surface area contributed by atoms with Crippen molar-refractivity contribution in [1.82, 2.24) is 0 Å². The van der Waals surface area contributed by atoms with Gasteiger partial charge in [0.05, 0.1) is 19.1 Å². The van der Waals surface area contributed by atoms with Crippen molar-refractivity contribution in [3.8, 4) is 0 Å². The predicted molar refractivity (Wildman–Crippen MR) is 117 cm³/mol. The van der Waals surface area contributed by atoms with E-state index >= 15 is 0 Å². The Balaban J connectivity index is 1.74. The summed E-state index contributed by atoms with van der Waals surface area (Å²) in [6.45, 7) is 4.32. The highest BCUT2D eigenvalue weighted by atomic mass is 16.9. The van der Waals surface area contributed by atoms with Crippen molar-refractivity contribution in [3.05, 3.63) is 57.6 Å². The first kappa shape index (κ1) is 25.6. The highest BCUT2D eigenvalue weighted by molar-refractivity contribution is 5.87. The van der Waals surface area contributed by atoms with Crippen LogP contribution in [0.4, 0.5) is 0 Å². The molecule has 0 heterocycles. The van der Waals surface area contributed by atoms with Gasteiger partial charge in [-0.1, -0.05) is 42.0 Å². The fourth-order valence-electron chi connectivity index (χ4n) is 2.93. The summed E-state index contributed by atoms with van der Waals surface area (Å²) in [5, 5.41) is 11.2. The first-order chi connectivity index (χ1) is 15.7. The van der Waals surface area contributed by atoms with Crippen molar-refractivity contribution in [1.29, 1.82) is 0 Å². The highest BCUT2D eigenvalue weighted by Crippen LogP contribution is 2.24. The van der Waals surface area contributed by atoms with E-state index in [1.54, 1.807) is 6.92 Å². The van der Waals surface area contributed by atoms with Gasteiger partial charge < -0.3 is 19.0 Å². The van der Waals surface area contributed by atoms with Crippen LogP contribution in [-0.4, -0.2) is 48.9 Å². The Hall–Kier alpha value is -3.69. The van der Waals surface area contributed by atoms with E-state index in [0.29, 0.717) is 12.8 Å². The number of fused-ring (bicyclic) bond motifs is 1. The van der Waals surface area contributed by atoms with Crippen LogP contribution >= 0.6 is 0 Å². The van der Waals surface area contributed by atoms with Gasteiger partial charge in [0.2, 0.25) is 0 Å². The van der Waals surface area contributed by atoms with E-state index in [-0.39, 0.29) is 13.2 Å². The normalized spacial score (nSPS) is 12.5. The number of aryl methyl sites for hydroxylation is 1. The van der Waals surface area contributed by atoms with Crippen LogP contribution in [0.5, 0.6) is 0 Å². The molecular formula is C23H27NO9. The third kappa shape index (κ3) is 8.40. The summed E-state index contributed by atoms with van der Waals surface area (Å²) >= 11 is 0. The minimum Gasteiger partial charge on any atom is -0.463 e. The molecule has 0 spiro atoms. The van der Waals surface area contributed by atoms with Crippen LogP contribution in [0.15, 0.2) is 36.4 Å². The van der Waals surface area contributed by atoms with Gasteiger partial charge in [-0.3, -0.25) is 4.79 Å². The van der Waals surface area contributed by atoms with Crippen LogP contribution in [0, 0.1) is 17.0 Å². The molecule has 0 aliphatic rings. The number of ether oxygens (including phenoxy) is 3. The van der Waals surface area contributed by atoms with Gasteiger partial charge in [-0.05, 0) is 49.9 Å². The molecule has 2 rings (SSSR count). The van der Waals surface area contributed by atoms with Crippen LogP contribution in [0.2, 0.25) is 0 Å². The second-order valence-corrected chi connectivity index (χ2v) is 7.50. The third-order valence-electron chi connectivity index (χ3n) is 4.83. The van der Waals surface area contributed by atoms with E-state index in [0.717, 1.165) is 21.9 Å². The third-order valence-corrected chi connectivity index (χ3v) is 4.83. The standard InChI is InChI=1S/C23H27NO9/c1-15-6-7-20-13-18(8-9-19(20)12-15)16(2)22(26)33-17(3)23(27)31-14-21(25)30-10-4-5-11-32-24(28)29/h6-9,12-13,16-17H,4-5,10-11,14H2,1-3H3. The van der Waals surface area contributed by atoms with Gasteiger partial charge in [0.25, 0.3) is 5.09 Å². The first-order valence-electron chi connectivity index (χ1n) is 10.5. The molecular weight excluding hydrogens is 434 g/mol. The molecule has 0 saturated heterocycles. The maximum absolute atomic E-state index is 12.5. The minimum atomic E-state index is -1.20. The Morgan fingerprint density at radius 2 is 1.61 bits per heavy atom. The van der Waals surface area contributed by atoms with Crippen LogP contribution in [0.3, 0.4) is 0 Å². The van der Waals surface area contributed by atoms with Crippen molar-refractivity contribution < 1.29 is 38.5 Å². The van der Waals surface area contributed by atoms with Crippen molar-refractivity contribution in [2.45, 2.75) is 45.6 Å². The van der Waals surface area contributed by atoms with Gasteiger partial charge in [0.1, 0.15) is 0 Å². The molecule has 0 saturated carbocycles. The molecule has 0 aliphatic carbocycles. The molecule has 2 unspecified atom stereocenters. The average molecular weight is 461 g/mol. The Morgan fingerprint density at radius 3 is 2.33 bits per heavy atom. The van der Waals surface area contributed by atoms with Crippen molar-refractivity contribution in [2.24, 2.45) is 0 Å². The largest absolute Gasteiger partial charge is 0.463 e. The zero-order chi connectivity index (χ0) is 24.4. The summed E-state index contributed by atoms with van der Waals surface area (Å²) in [6, 6.07) is 11.7. The predicted octanol–water partition coefficient (Wildman–Crippen LogP) is 3.26. The number of hydrogen-bond donors (Lipinski definition) is 0. The Morgan fingerprint density at radius 1 is 0.939 bits per heavy atom. The zero-order valence-corrected chi connectivity index (χ0v) is 18.8. The zero-order valence-electron chi connectivity index (χ0n) is 18.8. The smallest absolute Gasteiger partial charge is 0.347 e. The fraction of sp³-hybridized carbons (Fsp3) is 0.435. The molecule has 10 heteroatoms. The maximum atomic E-state index is 12.5. The van der Waals surface area contributed by atoms with Crippen molar-refractivity contribution in [3.63, 3.8) is 0 Å². The number of carbonyl (C=O) groups is 3. The lowest BCUT2D eigenvalue weighted by Crippen LogP contribution is -2.30. The number of hydrogen-bond acceptors (Lipinski definition) is 9. The molecule has 33 heavy (non-hydrogen) atoms. The van der Waals surface area contributed by atoms with Gasteiger partial charge in [-0.2, -0.15) is 0 Å². The lowest BCUT2D eigenvalue weighted by atomic mass is 9.97. The Kier molecular flexibility index (Phi) is 9.59. The van der Waals surface area contributed by atoms with Gasteiger partial charge in [-0.15, -0.1) is 10.1 Å². The summed E-state index contributed by atoms with van der Waals surface area (Å²) in [5.74, 6) is -2.85. The van der Waals surface area contributed by atoms with E-state index in [1.807, 2.05) is 37.3 Å². The van der Waals surface area contributed by atoms with Crippen LogP contribution in [-0.2, 0) is 33.4 Å². The molecule has 0 aromatic heterocycles. The van der Waals surface area contributed by atoms with E-state index in [9.17, 15) is 24.5 Å². The van der Waals surface area contributed by atoms with Crippen LogP contribution < -0.4 is 0 Å². The minimum absolute atomic E-state index is 0.00480. The lowest BCUT2D eigenvalue weighted by Gasteiger charge is -2.16. The summed E-state index contributed by atoms with van der Waals surface area (Å²) in [4.78, 5) is 50.3. The molecule has 0 fully saturated rings. The summed E-state index contributed by atoms with van der Waals surface area (Å²) in [5.41, 5.74) is 1.89. The topological polar surface area (TPSA) is 131 Å². The summed E-state index contributed by atoms with van der Waals surface area (Å²) in [7, 11) is 0. The molecule has 0 N–H and O–H groups in total. The monoisotopic (exact) mass is 461 g/mol. The molecule has 10 nitrogen and oxygen atoms in total. The number of esters is 3. The summed E-state index contributed by atoms with van der Waals surface area (Å²) < 4.78 is 14.9. The second kappa shape index (κ2) is 12.4. The fourth-order valence-corrected chi connectivity index (χ4v) is 2.93. The van der Waals surface area contributed by atoms with E-state index < -0.39 is 41.6 Å². The molecule has 0 amide bonds. The number of unbranched alkanes of at least 4 members (excludes halogenated alkanes) is 1. The quantitative estimate of drug-likeness (QED) is 0.154. The van der Waals surface area contributed by atoms with Gasteiger partial charge in [0.15, 0.2) is 12.7 Å². The number of benzene rings is 2. The molecule has 178 valence electrons. The number of nitrogens with zero attached hydrogens (tertiary/aromatic N) is 1. The van der Waals surface area contributed by atoms with E-state index in [2.05, 4.69) is 10.9 Å². The number of carbonyl (C=O) groups excluding carboxylic acids is 3. The summed E-state index contributed by atoms with van der Waals surface area (Å²) in [6.07, 6.45) is -0.515. The van der Waals surface area contributed by atoms with E-state index in [4.69, 9.17) is 14.2 Å². The Labute approximate surface area is 190 Å². The molecule has 2 aromatic rings. The first-order valence-corrected chi connectivity index (χ1v) is 10.5. The highest BCUT2D eigenvalue weighted by Gasteiger charge is 2.25. The molecule has 0 bridgehead atoms. The SMILES string of the molecule is Cc1ccc2cc(C(C)C(=O)OC(C)C(=O)OCC(=O)OCCCCO[N+](=O)[O-])ccc2c1. The van der Waals surface area contributed by atoms with Gasteiger partial charge in [-0.25, -0.2) is 9.59 Å².